The highest BCUT2D eigenvalue weighted by Crippen LogP contribution is 2.11. The fourth-order valence-electron chi connectivity index (χ4n) is 1.12. The fourth-order valence-corrected chi connectivity index (χ4v) is 1.12. The number of anilines is 1. The Labute approximate surface area is 99.1 Å². The zero-order valence-electron chi connectivity index (χ0n) is 9.05. The van der Waals surface area contributed by atoms with Gasteiger partial charge < -0.3 is 10.5 Å². The summed E-state index contributed by atoms with van der Waals surface area (Å²) in [6.45, 7) is -0.120. The van der Waals surface area contributed by atoms with Crippen molar-refractivity contribution in [1.29, 1.82) is 0 Å². The predicted molar refractivity (Wildman–Crippen MR) is 64.1 cm³/mol. The van der Waals surface area contributed by atoms with Gasteiger partial charge in [-0.2, -0.15) is 0 Å². The van der Waals surface area contributed by atoms with Gasteiger partial charge in [0, 0.05) is 17.3 Å². The number of para-hydroxylation sites is 1. The van der Waals surface area contributed by atoms with E-state index in [-0.39, 0.29) is 12.4 Å². The van der Waals surface area contributed by atoms with Crippen LogP contribution < -0.4 is 5.73 Å². The summed E-state index contributed by atoms with van der Waals surface area (Å²) in [6.07, 6.45) is 7.03. The van der Waals surface area contributed by atoms with E-state index in [1.54, 1.807) is 24.3 Å². The molecule has 2 N–H and O–H groups in total. The first-order valence-electron chi connectivity index (χ1n) is 4.82. The number of nitrogen functional groups attached to an aromatic ring is 1. The molecule has 0 heterocycles. The topological polar surface area (TPSA) is 69.4 Å². The minimum absolute atomic E-state index is 0.120. The highest BCUT2D eigenvalue weighted by Gasteiger charge is 2.06. The summed E-state index contributed by atoms with van der Waals surface area (Å²) in [6, 6.07) is 6.59. The van der Waals surface area contributed by atoms with Crippen molar-refractivity contribution in [2.45, 2.75) is 0 Å². The van der Waals surface area contributed by atoms with E-state index >= 15 is 0 Å². The lowest BCUT2D eigenvalue weighted by Gasteiger charge is -1.99. The Bertz CT molecular complexity index is 498. The molecule has 1 aromatic rings. The van der Waals surface area contributed by atoms with Gasteiger partial charge in [-0.25, -0.2) is 4.79 Å². The number of terminal acetylenes is 1. The molecule has 17 heavy (non-hydrogen) atoms. The van der Waals surface area contributed by atoms with E-state index in [1.807, 2.05) is 0 Å². The minimum atomic E-state index is -0.661. The highest BCUT2D eigenvalue weighted by molar-refractivity contribution is 6.10. The molecule has 0 saturated carbocycles. The second kappa shape index (κ2) is 6.13. The summed E-state index contributed by atoms with van der Waals surface area (Å²) in [4.78, 5) is 22.7. The van der Waals surface area contributed by atoms with Crippen LogP contribution in [0.3, 0.4) is 0 Å². The first-order chi connectivity index (χ1) is 8.15. The van der Waals surface area contributed by atoms with E-state index in [1.165, 1.54) is 0 Å². The minimum Gasteiger partial charge on any atom is -0.449 e. The van der Waals surface area contributed by atoms with Gasteiger partial charge in [-0.05, 0) is 18.2 Å². The van der Waals surface area contributed by atoms with Gasteiger partial charge in [0.2, 0.25) is 0 Å². The first kappa shape index (κ1) is 12.5. The molecule has 0 spiro atoms. The maximum absolute atomic E-state index is 11.6. The van der Waals surface area contributed by atoms with Gasteiger partial charge >= 0.3 is 5.97 Å². The van der Waals surface area contributed by atoms with Gasteiger partial charge in [-0.3, -0.25) is 4.79 Å². The Morgan fingerprint density at radius 1 is 1.35 bits per heavy atom. The Kier molecular flexibility index (Phi) is 4.52. The van der Waals surface area contributed by atoms with Crippen LogP contribution in [0.1, 0.15) is 10.4 Å². The predicted octanol–water partition coefficient (Wildman–Crippen LogP) is 1.18. The number of rotatable bonds is 4. The first-order valence-corrected chi connectivity index (χ1v) is 4.82. The van der Waals surface area contributed by atoms with E-state index in [2.05, 4.69) is 10.7 Å². The van der Waals surface area contributed by atoms with Gasteiger partial charge in [0.1, 0.15) is 0 Å². The molecule has 0 aliphatic carbocycles. The SMILES string of the molecule is C#CCOC(=O)/C=C/C(=O)c1ccccc1N. The van der Waals surface area contributed by atoms with Crippen molar-refractivity contribution >= 4 is 17.4 Å². The third-order valence-electron chi connectivity index (χ3n) is 1.89. The maximum Gasteiger partial charge on any atom is 0.331 e. The van der Waals surface area contributed by atoms with Crippen LogP contribution in [0, 0.1) is 12.3 Å². The molecule has 0 radical (unpaired) electrons. The normalized spacial score (nSPS) is 9.82. The van der Waals surface area contributed by atoms with Crippen molar-refractivity contribution in [3.63, 3.8) is 0 Å². The largest absolute Gasteiger partial charge is 0.449 e. The van der Waals surface area contributed by atoms with Crippen molar-refractivity contribution in [2.75, 3.05) is 12.3 Å². The molecule has 4 heteroatoms. The number of carbonyl (C=O) groups excluding carboxylic acids is 2. The van der Waals surface area contributed by atoms with Crippen LogP contribution in [0.15, 0.2) is 36.4 Å². The van der Waals surface area contributed by atoms with Gasteiger partial charge in [0.25, 0.3) is 0 Å². The summed E-state index contributed by atoms with van der Waals surface area (Å²) in [5.74, 6) is 1.12. The zero-order chi connectivity index (χ0) is 12.7. The number of carbonyl (C=O) groups is 2. The number of esters is 1. The third-order valence-corrected chi connectivity index (χ3v) is 1.89. The standard InChI is InChI=1S/C13H11NO3/c1-2-9-17-13(16)8-7-12(15)10-5-3-4-6-11(10)14/h1,3-8H,9,14H2/b8-7+. The number of allylic oxidation sites excluding steroid dienone is 1. The Hall–Kier alpha value is -2.54. The van der Waals surface area contributed by atoms with Crippen molar-refractivity contribution in [3.8, 4) is 12.3 Å². The van der Waals surface area contributed by atoms with Gasteiger partial charge in [0.05, 0.1) is 0 Å². The molecule has 0 bridgehead atoms. The molecule has 1 rings (SSSR count). The van der Waals surface area contributed by atoms with Crippen molar-refractivity contribution < 1.29 is 14.3 Å². The Morgan fingerprint density at radius 3 is 2.71 bits per heavy atom. The molecule has 0 atom stereocenters. The summed E-state index contributed by atoms with van der Waals surface area (Å²) in [7, 11) is 0. The number of benzene rings is 1. The molecule has 0 aliphatic rings. The highest BCUT2D eigenvalue weighted by atomic mass is 16.5. The van der Waals surface area contributed by atoms with E-state index in [4.69, 9.17) is 12.2 Å². The number of nitrogens with two attached hydrogens (primary N) is 1. The summed E-state index contributed by atoms with van der Waals surface area (Å²) >= 11 is 0. The van der Waals surface area contributed by atoms with Crippen LogP contribution in [0.4, 0.5) is 5.69 Å². The van der Waals surface area contributed by atoms with E-state index in [9.17, 15) is 9.59 Å². The second-order valence-electron chi connectivity index (χ2n) is 3.10. The lowest BCUT2D eigenvalue weighted by atomic mass is 10.1. The van der Waals surface area contributed by atoms with Crippen LogP contribution in [0.25, 0.3) is 0 Å². The summed E-state index contributed by atoms with van der Waals surface area (Å²) in [5, 5.41) is 0. The Morgan fingerprint density at radius 2 is 2.06 bits per heavy atom. The van der Waals surface area contributed by atoms with Crippen LogP contribution in [0.2, 0.25) is 0 Å². The number of hydrogen-bond donors (Lipinski definition) is 1. The van der Waals surface area contributed by atoms with E-state index in [0.29, 0.717) is 11.3 Å². The van der Waals surface area contributed by atoms with Gasteiger partial charge in [0.15, 0.2) is 12.4 Å². The molecule has 86 valence electrons. The molecular weight excluding hydrogens is 218 g/mol. The van der Waals surface area contributed by atoms with E-state index in [0.717, 1.165) is 12.2 Å². The molecule has 0 aliphatic heterocycles. The van der Waals surface area contributed by atoms with Crippen LogP contribution in [-0.4, -0.2) is 18.4 Å². The van der Waals surface area contributed by atoms with Crippen molar-refractivity contribution in [3.05, 3.63) is 42.0 Å². The summed E-state index contributed by atoms with van der Waals surface area (Å²) in [5.41, 5.74) is 6.31. The molecule has 0 aromatic heterocycles. The molecule has 0 unspecified atom stereocenters. The number of ketones is 1. The molecule has 1 aromatic carbocycles. The lowest BCUT2D eigenvalue weighted by Crippen LogP contribution is -2.04. The molecule has 0 amide bonds. The zero-order valence-corrected chi connectivity index (χ0v) is 9.05. The van der Waals surface area contributed by atoms with Crippen molar-refractivity contribution in [2.24, 2.45) is 0 Å². The van der Waals surface area contributed by atoms with Crippen LogP contribution in [-0.2, 0) is 9.53 Å². The average Bonchev–Trinajstić information content (AvgIpc) is 2.34. The van der Waals surface area contributed by atoms with Gasteiger partial charge in [-0.15, -0.1) is 6.42 Å². The quantitative estimate of drug-likeness (QED) is 0.277. The molecule has 0 fully saturated rings. The number of ether oxygens (including phenoxy) is 1. The lowest BCUT2D eigenvalue weighted by molar-refractivity contribution is -0.136. The van der Waals surface area contributed by atoms with Crippen LogP contribution in [0.5, 0.6) is 0 Å². The average molecular weight is 229 g/mol. The van der Waals surface area contributed by atoms with Crippen molar-refractivity contribution in [1.82, 2.24) is 0 Å². The summed E-state index contributed by atoms with van der Waals surface area (Å²) < 4.78 is 4.56. The molecule has 0 saturated heterocycles. The maximum atomic E-state index is 11.6. The second-order valence-corrected chi connectivity index (χ2v) is 3.10. The molecular formula is C13H11NO3. The third kappa shape index (κ3) is 3.84. The van der Waals surface area contributed by atoms with E-state index < -0.39 is 5.97 Å². The smallest absolute Gasteiger partial charge is 0.331 e. The molecule has 4 nitrogen and oxygen atoms in total. The monoisotopic (exact) mass is 229 g/mol. The van der Waals surface area contributed by atoms with Gasteiger partial charge in [-0.1, -0.05) is 18.1 Å². The fraction of sp³-hybridized carbons (Fsp3) is 0.0769. The van der Waals surface area contributed by atoms with Crippen LogP contribution >= 0.6 is 0 Å². The number of hydrogen-bond acceptors (Lipinski definition) is 4. The Balaban J connectivity index is 2.68.